The number of aromatic nitrogens is 4. The molecule has 3 heterocycles. The Kier molecular flexibility index (Phi) is 10.4. The van der Waals surface area contributed by atoms with Crippen LogP contribution in [0.2, 0.25) is 0 Å². The SMILES string of the molecule is CC(C)(C)OC=O.Cc1nc(CC2CCN(c3ncc(-c4ccccc4)cn3)CC2)ncc1OCc1ccccc1. The fourth-order valence-corrected chi connectivity index (χ4v) is 4.48. The van der Waals surface area contributed by atoms with Crippen molar-refractivity contribution in [3.05, 3.63) is 96.3 Å². The van der Waals surface area contributed by atoms with Gasteiger partial charge < -0.3 is 14.4 Å². The number of hydrogen-bond donors (Lipinski definition) is 0. The highest BCUT2D eigenvalue weighted by Crippen LogP contribution is 2.25. The van der Waals surface area contributed by atoms with Crippen molar-refractivity contribution in [2.75, 3.05) is 18.0 Å². The van der Waals surface area contributed by atoms with Crippen molar-refractivity contribution in [3.63, 3.8) is 0 Å². The molecule has 0 bridgehead atoms. The number of anilines is 1. The van der Waals surface area contributed by atoms with Crippen LogP contribution in [0.25, 0.3) is 11.1 Å². The normalized spacial score (nSPS) is 13.6. The summed E-state index contributed by atoms with van der Waals surface area (Å²) in [6.07, 6.45) is 8.71. The number of carbonyl (C=O) groups is 1. The summed E-state index contributed by atoms with van der Waals surface area (Å²) >= 11 is 0. The molecule has 1 aliphatic rings. The van der Waals surface area contributed by atoms with Gasteiger partial charge in [0, 0.05) is 37.5 Å². The van der Waals surface area contributed by atoms with Crippen LogP contribution in [-0.4, -0.2) is 45.1 Å². The lowest BCUT2D eigenvalue weighted by molar-refractivity contribution is -0.138. The van der Waals surface area contributed by atoms with Gasteiger partial charge in [0.25, 0.3) is 6.47 Å². The van der Waals surface area contributed by atoms with E-state index in [0.717, 1.165) is 72.3 Å². The molecule has 0 unspecified atom stereocenters. The Morgan fingerprint density at radius 2 is 1.51 bits per heavy atom. The van der Waals surface area contributed by atoms with Crippen molar-refractivity contribution >= 4 is 12.4 Å². The maximum absolute atomic E-state index is 9.60. The van der Waals surface area contributed by atoms with Gasteiger partial charge in [-0.25, -0.2) is 19.9 Å². The second kappa shape index (κ2) is 14.3. The van der Waals surface area contributed by atoms with Crippen molar-refractivity contribution in [1.29, 1.82) is 0 Å². The molecule has 2 aromatic heterocycles. The number of aryl methyl sites for hydroxylation is 1. The summed E-state index contributed by atoms with van der Waals surface area (Å²) in [5.74, 6) is 3.02. The summed E-state index contributed by atoms with van der Waals surface area (Å²) < 4.78 is 10.5. The average molecular weight is 554 g/mol. The molecule has 1 aliphatic heterocycles. The lowest BCUT2D eigenvalue weighted by Crippen LogP contribution is -2.35. The molecule has 4 aromatic rings. The molecule has 1 fully saturated rings. The fourth-order valence-electron chi connectivity index (χ4n) is 4.48. The van der Waals surface area contributed by atoms with Gasteiger partial charge in [-0.05, 0) is 57.6 Å². The minimum absolute atomic E-state index is 0.318. The minimum atomic E-state index is -0.318. The highest BCUT2D eigenvalue weighted by molar-refractivity contribution is 5.61. The van der Waals surface area contributed by atoms with Gasteiger partial charge in [0.2, 0.25) is 5.95 Å². The Labute approximate surface area is 242 Å². The van der Waals surface area contributed by atoms with Gasteiger partial charge in [-0.2, -0.15) is 0 Å². The maximum atomic E-state index is 9.60. The second-order valence-electron chi connectivity index (χ2n) is 11.1. The quantitative estimate of drug-likeness (QED) is 0.237. The average Bonchev–Trinajstić information content (AvgIpc) is 2.98. The van der Waals surface area contributed by atoms with Gasteiger partial charge in [-0.15, -0.1) is 0 Å². The van der Waals surface area contributed by atoms with E-state index < -0.39 is 0 Å². The van der Waals surface area contributed by atoms with Crippen molar-refractivity contribution in [1.82, 2.24) is 19.9 Å². The monoisotopic (exact) mass is 553 g/mol. The van der Waals surface area contributed by atoms with E-state index >= 15 is 0 Å². The Balaban J connectivity index is 0.000000493. The molecule has 0 N–H and O–H groups in total. The molecular weight excluding hydrogens is 514 g/mol. The van der Waals surface area contributed by atoms with Crippen molar-refractivity contribution in [3.8, 4) is 16.9 Å². The molecule has 0 aliphatic carbocycles. The first-order chi connectivity index (χ1) is 19.8. The third-order valence-electron chi connectivity index (χ3n) is 6.74. The maximum Gasteiger partial charge on any atom is 0.293 e. The van der Waals surface area contributed by atoms with Crippen LogP contribution >= 0.6 is 0 Å². The number of nitrogens with zero attached hydrogens (tertiary/aromatic N) is 5. The molecule has 0 saturated carbocycles. The Morgan fingerprint density at radius 3 is 2.07 bits per heavy atom. The molecule has 1 saturated heterocycles. The zero-order valence-electron chi connectivity index (χ0n) is 24.4. The van der Waals surface area contributed by atoms with E-state index in [1.807, 2.05) is 82.7 Å². The van der Waals surface area contributed by atoms with Gasteiger partial charge in [-0.1, -0.05) is 60.7 Å². The van der Waals surface area contributed by atoms with E-state index in [-0.39, 0.29) is 5.60 Å². The van der Waals surface area contributed by atoms with E-state index in [9.17, 15) is 4.79 Å². The molecule has 0 amide bonds. The van der Waals surface area contributed by atoms with Crippen molar-refractivity contribution in [2.45, 2.75) is 59.2 Å². The van der Waals surface area contributed by atoms with E-state index in [1.165, 1.54) is 0 Å². The number of hydrogen-bond acceptors (Lipinski definition) is 8. The Morgan fingerprint density at radius 1 is 0.878 bits per heavy atom. The molecule has 41 heavy (non-hydrogen) atoms. The summed E-state index contributed by atoms with van der Waals surface area (Å²) in [6, 6.07) is 20.4. The first kappa shape index (κ1) is 29.6. The molecule has 0 spiro atoms. The summed E-state index contributed by atoms with van der Waals surface area (Å²) in [4.78, 5) is 30.4. The van der Waals surface area contributed by atoms with Crippen LogP contribution in [0.4, 0.5) is 5.95 Å². The molecular formula is C33H39N5O3. The lowest BCUT2D eigenvalue weighted by Gasteiger charge is -2.31. The van der Waals surface area contributed by atoms with E-state index in [2.05, 4.69) is 48.9 Å². The number of carbonyl (C=O) groups excluding carboxylic acids is 1. The second-order valence-corrected chi connectivity index (χ2v) is 11.1. The highest BCUT2D eigenvalue weighted by Gasteiger charge is 2.22. The number of benzene rings is 2. The van der Waals surface area contributed by atoms with Gasteiger partial charge in [0.05, 0.1) is 11.9 Å². The zero-order valence-corrected chi connectivity index (χ0v) is 24.4. The molecule has 5 rings (SSSR count). The van der Waals surface area contributed by atoms with Crippen LogP contribution in [0, 0.1) is 12.8 Å². The predicted octanol–water partition coefficient (Wildman–Crippen LogP) is 6.24. The van der Waals surface area contributed by atoms with Gasteiger partial charge in [0.15, 0.2) is 5.75 Å². The molecule has 0 radical (unpaired) electrons. The summed E-state index contributed by atoms with van der Waals surface area (Å²) in [6.45, 7) is 10.3. The van der Waals surface area contributed by atoms with Crippen LogP contribution < -0.4 is 9.64 Å². The van der Waals surface area contributed by atoms with Crippen LogP contribution in [0.5, 0.6) is 5.75 Å². The van der Waals surface area contributed by atoms with E-state index in [0.29, 0.717) is 19.0 Å². The largest absolute Gasteiger partial charge is 0.485 e. The summed E-state index contributed by atoms with van der Waals surface area (Å²) in [5, 5.41) is 0. The molecule has 214 valence electrons. The highest BCUT2D eigenvalue weighted by atomic mass is 16.5. The standard InChI is InChI=1S/C28H29N5O.C5H10O2/c1-21-26(34-20-23-8-4-2-5-9-23)19-29-27(32-21)16-22-12-14-33(15-13-22)28-30-17-25(18-31-28)24-10-6-3-7-11-24;1-5(2,3)7-4-6/h2-11,17-19,22H,12-16,20H2,1H3;4H,1-3H3. The van der Waals surface area contributed by atoms with Crippen molar-refractivity contribution in [2.24, 2.45) is 5.92 Å². The Hall–Kier alpha value is -4.33. The predicted molar refractivity (Wildman–Crippen MR) is 161 cm³/mol. The topological polar surface area (TPSA) is 90.3 Å². The molecule has 0 atom stereocenters. The van der Waals surface area contributed by atoms with E-state index in [1.54, 1.807) is 0 Å². The molecule has 2 aromatic carbocycles. The number of rotatable bonds is 8. The van der Waals surface area contributed by atoms with E-state index in [4.69, 9.17) is 9.72 Å². The van der Waals surface area contributed by atoms with Gasteiger partial charge in [-0.3, -0.25) is 4.79 Å². The van der Waals surface area contributed by atoms with Gasteiger partial charge in [0.1, 0.15) is 18.0 Å². The minimum Gasteiger partial charge on any atom is -0.485 e. The van der Waals surface area contributed by atoms with Gasteiger partial charge >= 0.3 is 0 Å². The first-order valence-corrected chi connectivity index (χ1v) is 14.0. The Bertz CT molecular complexity index is 1350. The van der Waals surface area contributed by atoms with Crippen LogP contribution in [-0.2, 0) is 22.6 Å². The summed E-state index contributed by atoms with van der Waals surface area (Å²) in [5.41, 5.74) is 3.89. The van der Waals surface area contributed by atoms with Crippen molar-refractivity contribution < 1.29 is 14.3 Å². The third kappa shape index (κ3) is 9.38. The summed E-state index contributed by atoms with van der Waals surface area (Å²) in [7, 11) is 0. The smallest absolute Gasteiger partial charge is 0.293 e. The van der Waals surface area contributed by atoms with Crippen LogP contribution in [0.15, 0.2) is 79.3 Å². The van der Waals surface area contributed by atoms with Crippen LogP contribution in [0.3, 0.4) is 0 Å². The van der Waals surface area contributed by atoms with Crippen LogP contribution in [0.1, 0.15) is 50.7 Å². The number of piperidine rings is 1. The number of ether oxygens (including phenoxy) is 2. The first-order valence-electron chi connectivity index (χ1n) is 14.0. The fraction of sp³-hybridized carbons (Fsp3) is 0.364. The zero-order chi connectivity index (χ0) is 29.1. The third-order valence-corrected chi connectivity index (χ3v) is 6.74. The lowest BCUT2D eigenvalue weighted by atomic mass is 9.93. The molecule has 8 heteroatoms. The molecule has 8 nitrogen and oxygen atoms in total.